The first-order valence-corrected chi connectivity index (χ1v) is 11.4. The molecular weight excluding hydrogens is 454 g/mol. The van der Waals surface area contributed by atoms with Crippen LogP contribution in [0.15, 0.2) is 58.2 Å². The average Bonchev–Trinajstić information content (AvgIpc) is 2.82. The molecule has 0 atom stereocenters. The fourth-order valence-corrected chi connectivity index (χ4v) is 4.87. The predicted octanol–water partition coefficient (Wildman–Crippen LogP) is 1.81. The minimum Gasteiger partial charge on any atom is -0.457 e. The number of ether oxygens (including phenoxy) is 2. The zero-order chi connectivity index (χ0) is 23.6. The summed E-state index contributed by atoms with van der Waals surface area (Å²) in [5, 5.41) is 11.0. The molecule has 0 aliphatic carbocycles. The molecule has 0 bridgehead atoms. The SMILES string of the molecule is O=C(OCc1ccc([N+](=O)[O-])cc1)c1cc(=O)[nH]c2ccc(S(=O)(=O)N3CCOCC3)cc12. The second-order valence-electron chi connectivity index (χ2n) is 7.27. The van der Waals surface area contributed by atoms with E-state index in [1.54, 1.807) is 0 Å². The average molecular weight is 473 g/mol. The van der Waals surface area contributed by atoms with Gasteiger partial charge < -0.3 is 14.5 Å². The zero-order valence-corrected chi connectivity index (χ0v) is 18.0. The number of aromatic nitrogens is 1. The van der Waals surface area contributed by atoms with Gasteiger partial charge in [0.05, 0.1) is 28.6 Å². The highest BCUT2D eigenvalue weighted by Crippen LogP contribution is 2.24. The van der Waals surface area contributed by atoms with Crippen LogP contribution in [-0.2, 0) is 26.1 Å². The molecule has 1 aliphatic rings. The molecule has 2 aromatic carbocycles. The molecule has 1 saturated heterocycles. The van der Waals surface area contributed by atoms with Gasteiger partial charge in [0, 0.05) is 42.2 Å². The van der Waals surface area contributed by atoms with Crippen LogP contribution < -0.4 is 5.56 Å². The molecule has 0 amide bonds. The van der Waals surface area contributed by atoms with Crippen molar-refractivity contribution in [3.05, 3.63) is 80.1 Å². The van der Waals surface area contributed by atoms with Crippen LogP contribution in [0.4, 0.5) is 5.69 Å². The Morgan fingerprint density at radius 1 is 1.12 bits per heavy atom. The lowest BCUT2D eigenvalue weighted by molar-refractivity contribution is -0.384. The van der Waals surface area contributed by atoms with E-state index in [4.69, 9.17) is 9.47 Å². The van der Waals surface area contributed by atoms with Gasteiger partial charge in [-0.3, -0.25) is 14.9 Å². The van der Waals surface area contributed by atoms with Gasteiger partial charge >= 0.3 is 5.97 Å². The lowest BCUT2D eigenvalue weighted by Gasteiger charge is -2.26. The molecule has 0 radical (unpaired) electrons. The van der Waals surface area contributed by atoms with E-state index >= 15 is 0 Å². The highest BCUT2D eigenvalue weighted by molar-refractivity contribution is 7.89. The van der Waals surface area contributed by atoms with Crippen molar-refractivity contribution in [1.82, 2.24) is 9.29 Å². The summed E-state index contributed by atoms with van der Waals surface area (Å²) in [7, 11) is -3.82. The summed E-state index contributed by atoms with van der Waals surface area (Å²) in [6, 6.07) is 10.7. The van der Waals surface area contributed by atoms with Crippen LogP contribution in [-0.4, -0.2) is 54.9 Å². The van der Waals surface area contributed by atoms with Crippen LogP contribution in [0.2, 0.25) is 0 Å². The molecule has 11 nitrogen and oxygen atoms in total. The van der Waals surface area contributed by atoms with Crippen molar-refractivity contribution in [3.63, 3.8) is 0 Å². The van der Waals surface area contributed by atoms with E-state index in [-0.39, 0.29) is 46.7 Å². The molecular formula is C21H19N3O8S. The molecule has 12 heteroatoms. The quantitative estimate of drug-likeness (QED) is 0.324. The first kappa shape index (κ1) is 22.6. The summed E-state index contributed by atoms with van der Waals surface area (Å²) in [4.78, 5) is 37.6. The Labute approximate surface area is 187 Å². The zero-order valence-electron chi connectivity index (χ0n) is 17.2. The number of morpholine rings is 1. The van der Waals surface area contributed by atoms with Gasteiger partial charge in [-0.2, -0.15) is 4.31 Å². The van der Waals surface area contributed by atoms with Crippen LogP contribution in [0.3, 0.4) is 0 Å². The molecule has 3 aromatic rings. The van der Waals surface area contributed by atoms with E-state index in [1.807, 2.05) is 0 Å². The number of rotatable bonds is 6. The van der Waals surface area contributed by atoms with Crippen molar-refractivity contribution >= 4 is 32.6 Å². The lowest BCUT2D eigenvalue weighted by Crippen LogP contribution is -2.40. The van der Waals surface area contributed by atoms with Gasteiger partial charge in [-0.15, -0.1) is 0 Å². The van der Waals surface area contributed by atoms with E-state index in [0.29, 0.717) is 18.8 Å². The van der Waals surface area contributed by atoms with E-state index in [9.17, 15) is 28.1 Å². The van der Waals surface area contributed by atoms with E-state index in [2.05, 4.69) is 4.98 Å². The largest absolute Gasteiger partial charge is 0.457 e. The van der Waals surface area contributed by atoms with Crippen LogP contribution >= 0.6 is 0 Å². The third-order valence-electron chi connectivity index (χ3n) is 5.16. The van der Waals surface area contributed by atoms with Crippen LogP contribution in [0, 0.1) is 10.1 Å². The first-order chi connectivity index (χ1) is 15.8. The molecule has 0 saturated carbocycles. The number of H-pyrrole nitrogens is 1. The number of hydrogen-bond donors (Lipinski definition) is 1. The molecule has 1 N–H and O–H groups in total. The van der Waals surface area contributed by atoms with Gasteiger partial charge in [0.25, 0.3) is 5.69 Å². The smallest absolute Gasteiger partial charge is 0.339 e. The van der Waals surface area contributed by atoms with Gasteiger partial charge in [0.2, 0.25) is 15.6 Å². The minimum absolute atomic E-state index is 0.0200. The number of nitrogens with one attached hydrogen (secondary N) is 1. The Balaban J connectivity index is 1.63. The Kier molecular flexibility index (Phi) is 6.22. The van der Waals surface area contributed by atoms with E-state index in [1.165, 1.54) is 46.8 Å². The third kappa shape index (κ3) is 4.77. The monoisotopic (exact) mass is 473 g/mol. The summed E-state index contributed by atoms with van der Waals surface area (Å²) in [6.45, 7) is 0.837. The first-order valence-electron chi connectivity index (χ1n) is 9.91. The summed E-state index contributed by atoms with van der Waals surface area (Å²) in [6.07, 6.45) is 0. The summed E-state index contributed by atoms with van der Waals surface area (Å²) in [5.74, 6) is -0.828. The van der Waals surface area contributed by atoms with Crippen molar-refractivity contribution in [2.75, 3.05) is 26.3 Å². The number of fused-ring (bicyclic) bond motifs is 1. The number of benzene rings is 2. The number of nitro benzene ring substituents is 1. The van der Waals surface area contributed by atoms with E-state index < -0.39 is 26.5 Å². The number of non-ortho nitro benzene ring substituents is 1. The van der Waals surface area contributed by atoms with Crippen molar-refractivity contribution in [2.45, 2.75) is 11.5 Å². The molecule has 1 fully saturated rings. The third-order valence-corrected chi connectivity index (χ3v) is 7.05. The molecule has 172 valence electrons. The fraction of sp³-hybridized carbons (Fsp3) is 0.238. The maximum Gasteiger partial charge on any atom is 0.339 e. The van der Waals surface area contributed by atoms with Crippen LogP contribution in [0.25, 0.3) is 10.9 Å². The maximum absolute atomic E-state index is 13.0. The molecule has 1 aromatic heterocycles. The summed E-state index contributed by atoms with van der Waals surface area (Å²) in [5.41, 5.74) is 0.0623. The molecule has 2 heterocycles. The number of nitrogens with zero attached hydrogens (tertiary/aromatic N) is 2. The Bertz CT molecular complexity index is 1380. The van der Waals surface area contributed by atoms with Crippen molar-refractivity contribution in [2.24, 2.45) is 0 Å². The number of esters is 1. The predicted molar refractivity (Wildman–Crippen MR) is 116 cm³/mol. The minimum atomic E-state index is -3.82. The highest BCUT2D eigenvalue weighted by atomic mass is 32.2. The molecule has 4 rings (SSSR count). The van der Waals surface area contributed by atoms with Crippen molar-refractivity contribution in [1.29, 1.82) is 0 Å². The summed E-state index contributed by atoms with van der Waals surface area (Å²) < 4.78 is 37.8. The van der Waals surface area contributed by atoms with Gasteiger partial charge in [0.1, 0.15) is 6.61 Å². The normalized spacial score (nSPS) is 14.8. The topological polar surface area (TPSA) is 149 Å². The van der Waals surface area contributed by atoms with Gasteiger partial charge in [-0.1, -0.05) is 0 Å². The Hall–Kier alpha value is -3.61. The van der Waals surface area contributed by atoms with Gasteiger partial charge in [-0.25, -0.2) is 13.2 Å². The Morgan fingerprint density at radius 2 is 1.82 bits per heavy atom. The van der Waals surface area contributed by atoms with Gasteiger partial charge in [0.15, 0.2) is 0 Å². The van der Waals surface area contributed by atoms with Gasteiger partial charge in [-0.05, 0) is 35.9 Å². The fourth-order valence-electron chi connectivity index (χ4n) is 3.44. The number of carbonyl (C=O) groups excluding carboxylic acids is 1. The molecule has 0 unspecified atom stereocenters. The van der Waals surface area contributed by atoms with Crippen LogP contribution in [0.1, 0.15) is 15.9 Å². The number of carbonyl (C=O) groups is 1. The summed E-state index contributed by atoms with van der Waals surface area (Å²) >= 11 is 0. The van der Waals surface area contributed by atoms with Crippen molar-refractivity contribution < 1.29 is 27.6 Å². The highest BCUT2D eigenvalue weighted by Gasteiger charge is 2.27. The molecule has 1 aliphatic heterocycles. The lowest BCUT2D eigenvalue weighted by atomic mass is 10.1. The second kappa shape index (κ2) is 9.10. The number of hydrogen-bond acceptors (Lipinski definition) is 8. The number of nitro groups is 1. The Morgan fingerprint density at radius 3 is 2.48 bits per heavy atom. The molecule has 33 heavy (non-hydrogen) atoms. The number of aromatic amines is 1. The standard InChI is InChI=1S/C21H19N3O8S/c25-20-12-18(21(26)32-13-14-1-3-15(4-2-14)24(27)28)17-11-16(5-6-19(17)22-20)33(29,30)23-7-9-31-10-8-23/h1-6,11-12H,7-10,13H2,(H,22,25). The maximum atomic E-state index is 13.0. The number of sulfonamides is 1. The van der Waals surface area contributed by atoms with Crippen molar-refractivity contribution in [3.8, 4) is 0 Å². The molecule has 0 spiro atoms. The van der Waals surface area contributed by atoms with Crippen LogP contribution in [0.5, 0.6) is 0 Å². The van der Waals surface area contributed by atoms with E-state index in [0.717, 1.165) is 6.07 Å². The second-order valence-corrected chi connectivity index (χ2v) is 9.21. The number of pyridine rings is 1.